The predicted octanol–water partition coefficient (Wildman–Crippen LogP) is 7.69. The van der Waals surface area contributed by atoms with Crippen LogP contribution in [-0.2, 0) is 6.42 Å². The molecule has 4 aromatic rings. The third kappa shape index (κ3) is 7.89. The maximum atomic E-state index is 12.6. The summed E-state index contributed by atoms with van der Waals surface area (Å²) in [5.74, 6) is 1.39. The number of hydrogen-bond donors (Lipinski definition) is 0. The molecule has 5 rings (SSSR count). The number of ether oxygens (including phenoxy) is 1. The van der Waals surface area contributed by atoms with E-state index in [1.54, 1.807) is 18.0 Å². The molecule has 0 aliphatic carbocycles. The number of carbonyl (C=O) groups is 1. The van der Waals surface area contributed by atoms with Crippen molar-refractivity contribution in [1.82, 2.24) is 14.8 Å². The van der Waals surface area contributed by atoms with Gasteiger partial charge in [-0.15, -0.1) is 18.3 Å². The SMILES string of the molecule is CC(C)c1ccccc1N1CCCSC1=NC(=O)N=CCc1ccc(-c2ncn(-c3ccc(OC(F)(F)F)cc3)n2)cc1. The summed E-state index contributed by atoms with van der Waals surface area (Å²) in [6.07, 6.45) is -0.262. The molecular formula is C31H29F3N6O2S. The fourth-order valence-electron chi connectivity index (χ4n) is 4.55. The van der Waals surface area contributed by atoms with Crippen LogP contribution in [0.4, 0.5) is 23.7 Å². The number of para-hydroxylation sites is 1. The first kappa shape index (κ1) is 30.0. The van der Waals surface area contributed by atoms with E-state index in [4.69, 9.17) is 0 Å². The van der Waals surface area contributed by atoms with Crippen molar-refractivity contribution in [3.63, 3.8) is 0 Å². The number of amidine groups is 1. The van der Waals surface area contributed by atoms with Crippen LogP contribution in [0.1, 0.15) is 37.3 Å². The van der Waals surface area contributed by atoms with E-state index in [9.17, 15) is 18.0 Å². The minimum Gasteiger partial charge on any atom is -0.406 e. The van der Waals surface area contributed by atoms with Crippen LogP contribution < -0.4 is 9.64 Å². The van der Waals surface area contributed by atoms with Gasteiger partial charge in [-0.05, 0) is 53.8 Å². The largest absolute Gasteiger partial charge is 0.573 e. The van der Waals surface area contributed by atoms with E-state index in [2.05, 4.69) is 55.7 Å². The van der Waals surface area contributed by atoms with Gasteiger partial charge in [0.2, 0.25) is 0 Å². The van der Waals surface area contributed by atoms with Crippen LogP contribution in [-0.4, -0.2) is 50.8 Å². The summed E-state index contributed by atoms with van der Waals surface area (Å²) in [7, 11) is 0. The Bertz CT molecular complexity index is 1620. The molecule has 0 N–H and O–H groups in total. The standard InChI is InChI=1S/C31H29F3N6O2S/c1-21(2)26-6-3-4-7-27(26)39-18-5-19-43-30(39)37-29(41)35-17-16-22-8-10-23(11-9-22)28-36-20-40(38-28)24-12-14-25(15-13-24)42-31(32,33)34/h3-4,6-15,17,20-21H,5,16,18-19H2,1-2H3. The normalized spacial score (nSPS) is 15.0. The first-order chi connectivity index (χ1) is 20.7. The van der Waals surface area contributed by atoms with Crippen molar-refractivity contribution >= 4 is 34.9 Å². The summed E-state index contributed by atoms with van der Waals surface area (Å²) in [6.45, 7) is 5.11. The van der Waals surface area contributed by atoms with Gasteiger partial charge in [-0.1, -0.05) is 68.1 Å². The lowest BCUT2D eigenvalue weighted by Gasteiger charge is -2.31. The molecule has 1 fully saturated rings. The Kier molecular flexibility index (Phi) is 9.24. The summed E-state index contributed by atoms with van der Waals surface area (Å²) in [6, 6.07) is 20.5. The van der Waals surface area contributed by atoms with Gasteiger partial charge in [0.05, 0.1) is 5.69 Å². The van der Waals surface area contributed by atoms with Crippen molar-refractivity contribution in [2.75, 3.05) is 17.2 Å². The van der Waals surface area contributed by atoms with Gasteiger partial charge in [0.25, 0.3) is 0 Å². The number of anilines is 1. The van der Waals surface area contributed by atoms with Crippen molar-refractivity contribution in [1.29, 1.82) is 0 Å². The zero-order valence-corrected chi connectivity index (χ0v) is 24.3. The monoisotopic (exact) mass is 606 g/mol. The fourth-order valence-corrected chi connectivity index (χ4v) is 5.49. The highest BCUT2D eigenvalue weighted by molar-refractivity contribution is 8.14. The molecule has 0 spiro atoms. The topological polar surface area (TPSA) is 85.0 Å². The van der Waals surface area contributed by atoms with Crippen molar-refractivity contribution in [3.8, 4) is 22.8 Å². The smallest absolute Gasteiger partial charge is 0.406 e. The maximum absolute atomic E-state index is 12.6. The first-order valence-corrected chi connectivity index (χ1v) is 14.7. The molecule has 0 bridgehead atoms. The summed E-state index contributed by atoms with van der Waals surface area (Å²) in [5, 5.41) is 5.09. The molecule has 8 nitrogen and oxygen atoms in total. The summed E-state index contributed by atoms with van der Waals surface area (Å²) < 4.78 is 42.6. The molecule has 1 aliphatic heterocycles. The van der Waals surface area contributed by atoms with Gasteiger partial charge in [0.15, 0.2) is 11.0 Å². The quantitative estimate of drug-likeness (QED) is 0.201. The van der Waals surface area contributed by atoms with Crippen molar-refractivity contribution in [2.45, 2.75) is 39.0 Å². The Morgan fingerprint density at radius 1 is 1.07 bits per heavy atom. The summed E-state index contributed by atoms with van der Waals surface area (Å²) >= 11 is 1.57. The Labute approximate surface area is 251 Å². The van der Waals surface area contributed by atoms with Gasteiger partial charge < -0.3 is 9.64 Å². The van der Waals surface area contributed by atoms with E-state index >= 15 is 0 Å². The second-order valence-corrected chi connectivity index (χ2v) is 11.1. The molecule has 1 aliphatic rings. The highest BCUT2D eigenvalue weighted by atomic mass is 32.2. The third-order valence-corrected chi connectivity index (χ3v) is 7.66. The van der Waals surface area contributed by atoms with Crippen LogP contribution in [0, 0.1) is 0 Å². The number of urea groups is 1. The molecule has 0 saturated carbocycles. The molecule has 2 amide bonds. The number of aliphatic imine (C=N–C) groups is 2. The van der Waals surface area contributed by atoms with Crippen molar-refractivity contribution in [2.24, 2.45) is 9.98 Å². The average Bonchev–Trinajstić information content (AvgIpc) is 3.48. The van der Waals surface area contributed by atoms with E-state index in [1.165, 1.54) is 40.8 Å². The van der Waals surface area contributed by atoms with Gasteiger partial charge in [-0.25, -0.2) is 19.5 Å². The highest BCUT2D eigenvalue weighted by Gasteiger charge is 2.31. The second kappa shape index (κ2) is 13.2. The minimum absolute atomic E-state index is 0.313. The van der Waals surface area contributed by atoms with Crippen molar-refractivity contribution < 1.29 is 22.7 Å². The number of benzene rings is 3. The van der Waals surface area contributed by atoms with E-state index < -0.39 is 12.4 Å². The number of alkyl halides is 3. The number of hydrogen-bond acceptors (Lipinski definition) is 5. The number of amides is 2. The van der Waals surface area contributed by atoms with Crippen molar-refractivity contribution in [3.05, 3.63) is 90.3 Å². The van der Waals surface area contributed by atoms with Crippen LogP contribution >= 0.6 is 11.8 Å². The van der Waals surface area contributed by atoms with E-state index in [0.29, 0.717) is 29.0 Å². The minimum atomic E-state index is -4.75. The van der Waals surface area contributed by atoms with E-state index in [-0.39, 0.29) is 5.75 Å². The summed E-state index contributed by atoms with van der Waals surface area (Å²) in [5.41, 5.74) is 4.52. The Hall–Kier alpha value is -4.45. The fraction of sp³-hybridized carbons (Fsp3) is 0.258. The van der Waals surface area contributed by atoms with Gasteiger partial charge in [-0.3, -0.25) is 0 Å². The number of rotatable bonds is 7. The molecule has 0 atom stereocenters. The lowest BCUT2D eigenvalue weighted by Crippen LogP contribution is -2.35. The summed E-state index contributed by atoms with van der Waals surface area (Å²) in [4.78, 5) is 27.4. The lowest BCUT2D eigenvalue weighted by atomic mass is 10.0. The second-order valence-electron chi connectivity index (χ2n) is 10.0. The average molecular weight is 607 g/mol. The Balaban J connectivity index is 1.20. The Morgan fingerprint density at radius 3 is 2.53 bits per heavy atom. The Morgan fingerprint density at radius 2 is 1.81 bits per heavy atom. The number of nitrogens with zero attached hydrogens (tertiary/aromatic N) is 6. The van der Waals surface area contributed by atoms with Crippen LogP contribution in [0.2, 0.25) is 0 Å². The van der Waals surface area contributed by atoms with E-state index in [1.807, 2.05) is 36.4 Å². The molecule has 1 saturated heterocycles. The third-order valence-electron chi connectivity index (χ3n) is 6.60. The van der Waals surface area contributed by atoms with Gasteiger partial charge in [0, 0.05) is 36.2 Å². The molecule has 43 heavy (non-hydrogen) atoms. The number of thioether (sulfide) groups is 1. The van der Waals surface area contributed by atoms with Crippen LogP contribution in [0.25, 0.3) is 17.1 Å². The zero-order chi connectivity index (χ0) is 30.4. The molecule has 1 aromatic heterocycles. The van der Waals surface area contributed by atoms with Gasteiger partial charge in [0.1, 0.15) is 12.1 Å². The molecule has 0 unspecified atom stereocenters. The van der Waals surface area contributed by atoms with Crippen LogP contribution in [0.15, 0.2) is 89.1 Å². The highest BCUT2D eigenvalue weighted by Crippen LogP contribution is 2.32. The maximum Gasteiger partial charge on any atom is 0.573 e. The van der Waals surface area contributed by atoms with Gasteiger partial charge >= 0.3 is 12.4 Å². The number of aromatic nitrogens is 3. The number of carbonyl (C=O) groups excluding carboxylic acids is 1. The van der Waals surface area contributed by atoms with Crippen LogP contribution in [0.5, 0.6) is 5.75 Å². The molecular weight excluding hydrogens is 577 g/mol. The van der Waals surface area contributed by atoms with Crippen LogP contribution in [0.3, 0.4) is 0 Å². The molecule has 222 valence electrons. The molecule has 3 aromatic carbocycles. The van der Waals surface area contributed by atoms with Gasteiger partial charge in [-0.2, -0.15) is 4.99 Å². The lowest BCUT2D eigenvalue weighted by molar-refractivity contribution is -0.274. The predicted molar refractivity (Wildman–Crippen MR) is 163 cm³/mol. The van der Waals surface area contributed by atoms with E-state index in [0.717, 1.165) is 35.5 Å². The zero-order valence-electron chi connectivity index (χ0n) is 23.5. The molecule has 0 radical (unpaired) electrons. The molecule has 12 heteroatoms. The molecule has 2 heterocycles. The first-order valence-electron chi connectivity index (χ1n) is 13.7. The number of halogens is 3.